The number of nitrogens with zero attached hydrogens (tertiary/aromatic N) is 1. The van der Waals surface area contributed by atoms with Crippen LogP contribution in [0.15, 0.2) is 18.3 Å². The highest BCUT2D eigenvalue weighted by molar-refractivity contribution is 6.30. The zero-order chi connectivity index (χ0) is 11.5. The van der Waals surface area contributed by atoms with E-state index in [4.69, 9.17) is 16.3 Å². The summed E-state index contributed by atoms with van der Waals surface area (Å²) in [4.78, 5) is 15.5. The van der Waals surface area contributed by atoms with Crippen LogP contribution in [-0.2, 0) is 4.74 Å². The van der Waals surface area contributed by atoms with Crippen molar-refractivity contribution < 1.29 is 9.53 Å². The molecule has 0 spiro atoms. The van der Waals surface area contributed by atoms with Crippen molar-refractivity contribution in [1.82, 2.24) is 4.98 Å². The molecule has 0 saturated heterocycles. The molecule has 0 unspecified atom stereocenters. The lowest BCUT2D eigenvalue weighted by Gasteiger charge is -2.18. The molecule has 1 aromatic heterocycles. The topological polar surface area (TPSA) is 39.2 Å². The normalized spacial score (nSPS) is 11.5. The average molecular weight is 228 g/mol. The van der Waals surface area contributed by atoms with E-state index in [9.17, 15) is 4.79 Å². The van der Waals surface area contributed by atoms with Gasteiger partial charge in [0.2, 0.25) is 5.78 Å². The number of ether oxygens (including phenoxy) is 1. The standard InChI is InChI=1S/C11H14ClNO2/c1-11(2,3)15-7-10(14)9-6-8(12)4-5-13-9/h4-6H,7H2,1-3H3. The van der Waals surface area contributed by atoms with Crippen LogP contribution in [-0.4, -0.2) is 23.0 Å². The van der Waals surface area contributed by atoms with Crippen LogP contribution in [0.5, 0.6) is 0 Å². The van der Waals surface area contributed by atoms with Crippen LogP contribution in [0.3, 0.4) is 0 Å². The van der Waals surface area contributed by atoms with E-state index in [1.54, 1.807) is 6.07 Å². The van der Waals surface area contributed by atoms with E-state index in [1.165, 1.54) is 12.3 Å². The van der Waals surface area contributed by atoms with E-state index in [0.717, 1.165) is 0 Å². The molecule has 0 radical (unpaired) electrons. The van der Waals surface area contributed by atoms with Crippen molar-refractivity contribution in [2.75, 3.05) is 6.61 Å². The summed E-state index contributed by atoms with van der Waals surface area (Å²) in [6.07, 6.45) is 1.51. The van der Waals surface area contributed by atoms with Gasteiger partial charge in [0.25, 0.3) is 0 Å². The Bertz CT molecular complexity index is 358. The number of hydrogen-bond donors (Lipinski definition) is 0. The van der Waals surface area contributed by atoms with Gasteiger partial charge in [-0.3, -0.25) is 9.78 Å². The second-order valence-corrected chi connectivity index (χ2v) is 4.62. The van der Waals surface area contributed by atoms with Gasteiger partial charge in [0.05, 0.1) is 5.60 Å². The van der Waals surface area contributed by atoms with Crippen LogP contribution in [0.1, 0.15) is 31.3 Å². The monoisotopic (exact) mass is 227 g/mol. The SMILES string of the molecule is CC(C)(C)OCC(=O)c1cc(Cl)ccn1. The minimum absolute atomic E-state index is 0.0246. The highest BCUT2D eigenvalue weighted by Gasteiger charge is 2.14. The predicted molar refractivity (Wildman–Crippen MR) is 59.3 cm³/mol. The molecule has 3 nitrogen and oxygen atoms in total. The average Bonchev–Trinajstić information content (AvgIpc) is 2.13. The van der Waals surface area contributed by atoms with E-state index in [-0.39, 0.29) is 18.0 Å². The molecule has 0 fully saturated rings. The van der Waals surface area contributed by atoms with Crippen molar-refractivity contribution >= 4 is 17.4 Å². The summed E-state index contributed by atoms with van der Waals surface area (Å²) in [6.45, 7) is 5.71. The molecule has 0 aromatic carbocycles. The van der Waals surface area contributed by atoms with Crippen molar-refractivity contribution in [2.24, 2.45) is 0 Å². The summed E-state index contributed by atoms with van der Waals surface area (Å²) in [5.41, 5.74) is 0.0144. The van der Waals surface area contributed by atoms with Crippen LogP contribution in [0.4, 0.5) is 0 Å². The molecule has 82 valence electrons. The molecule has 0 aliphatic carbocycles. The van der Waals surface area contributed by atoms with Crippen LogP contribution < -0.4 is 0 Å². The van der Waals surface area contributed by atoms with E-state index >= 15 is 0 Å². The summed E-state index contributed by atoms with van der Waals surface area (Å²) >= 11 is 5.75. The summed E-state index contributed by atoms with van der Waals surface area (Å²) in [7, 11) is 0. The maximum Gasteiger partial charge on any atom is 0.206 e. The van der Waals surface area contributed by atoms with Gasteiger partial charge >= 0.3 is 0 Å². The molecule has 0 bridgehead atoms. The minimum Gasteiger partial charge on any atom is -0.368 e. The number of Topliss-reactive ketones (excluding diaryl/α,β-unsaturated/α-hetero) is 1. The summed E-state index contributed by atoms with van der Waals surface area (Å²) in [6, 6.07) is 3.17. The van der Waals surface area contributed by atoms with Gasteiger partial charge in [-0.25, -0.2) is 0 Å². The molecule has 1 rings (SSSR count). The molecular weight excluding hydrogens is 214 g/mol. The Morgan fingerprint density at radius 3 is 2.73 bits per heavy atom. The van der Waals surface area contributed by atoms with E-state index in [0.29, 0.717) is 10.7 Å². The van der Waals surface area contributed by atoms with Crippen molar-refractivity contribution in [3.8, 4) is 0 Å². The van der Waals surface area contributed by atoms with Crippen LogP contribution >= 0.6 is 11.6 Å². The Balaban J connectivity index is 2.62. The van der Waals surface area contributed by atoms with E-state index in [1.807, 2.05) is 20.8 Å². The molecule has 0 atom stereocenters. The zero-order valence-corrected chi connectivity index (χ0v) is 9.84. The fourth-order valence-corrected chi connectivity index (χ4v) is 1.07. The summed E-state index contributed by atoms with van der Waals surface area (Å²) < 4.78 is 5.35. The number of carbonyl (C=O) groups excluding carboxylic acids is 1. The zero-order valence-electron chi connectivity index (χ0n) is 9.08. The third-order valence-corrected chi connectivity index (χ3v) is 1.88. The maximum atomic E-state index is 11.6. The quantitative estimate of drug-likeness (QED) is 0.746. The molecule has 1 aromatic rings. The largest absolute Gasteiger partial charge is 0.368 e. The first-order chi connectivity index (χ1) is 6.88. The van der Waals surface area contributed by atoms with Crippen LogP contribution in [0, 0.1) is 0 Å². The fraction of sp³-hybridized carbons (Fsp3) is 0.455. The molecule has 1 heterocycles. The highest BCUT2D eigenvalue weighted by Crippen LogP contribution is 2.11. The van der Waals surface area contributed by atoms with Crippen molar-refractivity contribution in [1.29, 1.82) is 0 Å². The molecular formula is C11H14ClNO2. The molecule has 0 N–H and O–H groups in total. The smallest absolute Gasteiger partial charge is 0.206 e. The van der Waals surface area contributed by atoms with Gasteiger partial charge in [-0.1, -0.05) is 11.6 Å². The van der Waals surface area contributed by atoms with Gasteiger partial charge in [-0.15, -0.1) is 0 Å². The Hall–Kier alpha value is -0.930. The second kappa shape index (κ2) is 4.73. The number of ketones is 1. The van der Waals surface area contributed by atoms with Crippen molar-refractivity contribution in [3.05, 3.63) is 29.0 Å². The van der Waals surface area contributed by atoms with Crippen molar-refractivity contribution in [3.63, 3.8) is 0 Å². The predicted octanol–water partition coefficient (Wildman–Crippen LogP) is 2.73. The molecule has 4 heteroatoms. The minimum atomic E-state index is -0.325. The molecule has 0 aliphatic rings. The first-order valence-electron chi connectivity index (χ1n) is 4.67. The number of hydrogen-bond acceptors (Lipinski definition) is 3. The lowest BCUT2D eigenvalue weighted by atomic mass is 10.2. The molecule has 0 amide bonds. The Morgan fingerprint density at radius 1 is 1.53 bits per heavy atom. The van der Waals surface area contributed by atoms with Gasteiger partial charge in [0.1, 0.15) is 12.3 Å². The Labute approximate surface area is 94.4 Å². The first kappa shape index (κ1) is 12.1. The van der Waals surface area contributed by atoms with Gasteiger partial charge in [0.15, 0.2) is 0 Å². The summed E-state index contributed by atoms with van der Waals surface area (Å²) in [5, 5.41) is 0.504. The van der Waals surface area contributed by atoms with Gasteiger partial charge in [0, 0.05) is 11.2 Å². The Morgan fingerprint density at radius 2 is 2.20 bits per heavy atom. The third-order valence-electron chi connectivity index (χ3n) is 1.64. The van der Waals surface area contributed by atoms with Crippen molar-refractivity contribution in [2.45, 2.75) is 26.4 Å². The van der Waals surface area contributed by atoms with E-state index in [2.05, 4.69) is 4.98 Å². The van der Waals surface area contributed by atoms with Gasteiger partial charge in [-0.2, -0.15) is 0 Å². The van der Waals surface area contributed by atoms with Gasteiger partial charge < -0.3 is 4.74 Å². The molecule has 0 aliphatic heterocycles. The lowest BCUT2D eigenvalue weighted by molar-refractivity contribution is 0.00287. The van der Waals surface area contributed by atoms with Crippen LogP contribution in [0.25, 0.3) is 0 Å². The number of aromatic nitrogens is 1. The van der Waals surface area contributed by atoms with E-state index < -0.39 is 0 Å². The third kappa shape index (κ3) is 4.40. The lowest BCUT2D eigenvalue weighted by Crippen LogP contribution is -2.24. The van der Waals surface area contributed by atoms with Crippen LogP contribution in [0.2, 0.25) is 5.02 Å². The Kier molecular flexibility index (Phi) is 3.83. The second-order valence-electron chi connectivity index (χ2n) is 4.18. The highest BCUT2D eigenvalue weighted by atomic mass is 35.5. The fourth-order valence-electron chi connectivity index (χ4n) is 0.913. The number of halogens is 1. The summed E-state index contributed by atoms with van der Waals surface area (Å²) in [5.74, 6) is -0.160. The van der Waals surface area contributed by atoms with Gasteiger partial charge in [-0.05, 0) is 32.9 Å². The molecule has 0 saturated carbocycles. The number of rotatable bonds is 3. The number of carbonyl (C=O) groups is 1. The maximum absolute atomic E-state index is 11.6. The number of pyridine rings is 1. The molecule has 15 heavy (non-hydrogen) atoms. The first-order valence-corrected chi connectivity index (χ1v) is 5.05.